The minimum atomic E-state index is -2.31. The zero-order valence-electron chi connectivity index (χ0n) is 2.12. The van der Waals surface area contributed by atoms with E-state index in [0.29, 0.717) is 0 Å². The Hall–Kier alpha value is 0.470. The van der Waals surface area contributed by atoms with Crippen LogP contribution in [0.1, 0.15) is 0 Å². The summed E-state index contributed by atoms with van der Waals surface area (Å²) in [6.07, 6.45) is 0. The van der Waals surface area contributed by atoms with Gasteiger partial charge in [-0.05, 0) is 11.8 Å². The highest BCUT2D eigenvalue weighted by Crippen LogP contribution is 1.85. The smallest absolute Gasteiger partial charge is 0.193 e. The van der Waals surface area contributed by atoms with Crippen LogP contribution in [0.15, 0.2) is 0 Å². The van der Waals surface area contributed by atoms with E-state index in [1.165, 1.54) is 0 Å². The molecule has 30 valence electrons. The van der Waals surface area contributed by atoms with Gasteiger partial charge in [0.1, 0.15) is 6.56 Å². The lowest BCUT2D eigenvalue weighted by molar-refractivity contribution is 0.626. The maximum Gasteiger partial charge on any atom is 0.193 e. The molecular formula is HO2PS2. The Morgan fingerprint density at radius 3 is 1.80 bits per heavy atom. The van der Waals surface area contributed by atoms with E-state index in [0.717, 1.165) is 0 Å². The summed E-state index contributed by atoms with van der Waals surface area (Å²) in [6.45, 7) is 0.0340. The van der Waals surface area contributed by atoms with E-state index < -0.39 is 10.3 Å². The number of hydrogen-bond acceptors (Lipinski definition) is 3. The molecule has 0 bridgehead atoms. The van der Waals surface area contributed by atoms with Crippen molar-refractivity contribution in [2.75, 3.05) is 0 Å². The van der Waals surface area contributed by atoms with Crippen LogP contribution < -0.4 is 0 Å². The fourth-order valence-corrected chi connectivity index (χ4v) is 0. The lowest BCUT2D eigenvalue weighted by Crippen LogP contribution is -1.43. The fourth-order valence-electron chi connectivity index (χ4n) is 0. The van der Waals surface area contributed by atoms with Crippen LogP contribution in [-0.4, -0.2) is 8.42 Å². The molecule has 0 aromatic rings. The van der Waals surface area contributed by atoms with Crippen molar-refractivity contribution in [3.8, 4) is 0 Å². The molecule has 0 saturated carbocycles. The quantitative estimate of drug-likeness (QED) is 0.396. The molecule has 0 aliphatic rings. The van der Waals surface area contributed by atoms with Crippen molar-refractivity contribution in [1.29, 1.82) is 0 Å². The lowest BCUT2D eigenvalue weighted by Gasteiger charge is -1.45. The minimum absolute atomic E-state index is 0.0340. The van der Waals surface area contributed by atoms with Crippen LogP contribution >= 0.6 is 6.56 Å². The molecule has 0 rings (SSSR count). The van der Waals surface area contributed by atoms with Gasteiger partial charge in [0.15, 0.2) is 10.3 Å². The second-order valence-corrected chi connectivity index (χ2v) is 3.90. The Labute approximate surface area is 37.7 Å². The molecule has 0 aliphatic carbocycles. The molecule has 0 amide bonds. The van der Waals surface area contributed by atoms with Crippen LogP contribution in [0, 0.1) is 0 Å². The Morgan fingerprint density at radius 1 is 1.60 bits per heavy atom. The van der Waals surface area contributed by atoms with Crippen molar-refractivity contribution < 1.29 is 8.42 Å². The van der Waals surface area contributed by atoms with E-state index in [9.17, 15) is 8.42 Å². The van der Waals surface area contributed by atoms with Crippen LogP contribution in [0.2, 0.25) is 0 Å². The molecule has 0 spiro atoms. The second kappa shape index (κ2) is 2.69. The van der Waals surface area contributed by atoms with Crippen molar-refractivity contribution in [3.63, 3.8) is 0 Å². The third-order valence-electron chi connectivity index (χ3n) is 0.0667. The minimum Gasteiger partial charge on any atom is -0.222 e. The monoisotopic (exact) mass is 128 g/mol. The van der Waals surface area contributed by atoms with Crippen molar-refractivity contribution in [2.24, 2.45) is 0 Å². The summed E-state index contributed by atoms with van der Waals surface area (Å²) in [5.74, 6) is 0. The Morgan fingerprint density at radius 2 is 1.80 bits per heavy atom. The summed E-state index contributed by atoms with van der Waals surface area (Å²) < 4.78 is 18.6. The van der Waals surface area contributed by atoms with E-state index in [1.54, 1.807) is 0 Å². The second-order valence-electron chi connectivity index (χ2n) is 0.319. The standard InChI is InChI=1S/HO2PS2/c1-5(2)3-4/h5H. The Balaban J connectivity index is 3.69. The molecule has 0 aliphatic heterocycles. The molecule has 0 saturated heterocycles. The molecule has 0 aromatic carbocycles. The van der Waals surface area contributed by atoms with Gasteiger partial charge >= 0.3 is 0 Å². The van der Waals surface area contributed by atoms with Crippen LogP contribution in [0.4, 0.5) is 0 Å². The third-order valence-corrected chi connectivity index (χ3v) is 1.80. The summed E-state index contributed by atoms with van der Waals surface area (Å²) in [7, 11) is -2.31. The molecule has 5 heteroatoms. The molecule has 0 atom stereocenters. The van der Waals surface area contributed by atoms with E-state index in [4.69, 9.17) is 0 Å². The average Bonchev–Trinajstić information content (AvgIpc) is 1.38. The van der Waals surface area contributed by atoms with Crippen molar-refractivity contribution in [2.45, 2.75) is 0 Å². The maximum absolute atomic E-state index is 9.29. The number of hydrogen-bond donors (Lipinski definition) is 1. The topological polar surface area (TPSA) is 34.1 Å². The van der Waals surface area contributed by atoms with Gasteiger partial charge in [-0.2, -0.15) is 0 Å². The SMILES string of the molecule is O=[SH](=O)P=S. The largest absolute Gasteiger partial charge is 0.222 e. The van der Waals surface area contributed by atoms with E-state index in [1.807, 2.05) is 0 Å². The van der Waals surface area contributed by atoms with Gasteiger partial charge in [0.25, 0.3) is 0 Å². The maximum atomic E-state index is 9.29. The predicted molar refractivity (Wildman–Crippen MR) is 24.6 cm³/mol. The molecule has 0 radical (unpaired) electrons. The Kier molecular flexibility index (Phi) is 2.95. The third kappa shape index (κ3) is 4.47. The fraction of sp³-hybridized carbons (Fsp3) is 0. The molecule has 0 unspecified atom stereocenters. The zero-order chi connectivity index (χ0) is 4.28. The highest BCUT2D eigenvalue weighted by Gasteiger charge is 1.59. The molecular weight excluding hydrogens is 127 g/mol. The van der Waals surface area contributed by atoms with Gasteiger partial charge in [0.05, 0.1) is 0 Å². The molecule has 0 aromatic heterocycles. The van der Waals surface area contributed by atoms with Crippen LogP contribution in [0.25, 0.3) is 0 Å². The first kappa shape index (κ1) is 5.47. The molecule has 2 nitrogen and oxygen atoms in total. The summed E-state index contributed by atoms with van der Waals surface area (Å²) in [5.41, 5.74) is 0. The van der Waals surface area contributed by atoms with E-state index in [2.05, 4.69) is 11.8 Å². The first-order chi connectivity index (χ1) is 2.27. The van der Waals surface area contributed by atoms with Gasteiger partial charge in [0, 0.05) is 0 Å². The molecule has 0 heterocycles. The summed E-state index contributed by atoms with van der Waals surface area (Å²) in [6, 6.07) is 0. The summed E-state index contributed by atoms with van der Waals surface area (Å²) >= 11 is 4.05. The molecule has 0 fully saturated rings. The average molecular weight is 128 g/mol. The van der Waals surface area contributed by atoms with Gasteiger partial charge in [-0.15, -0.1) is 0 Å². The van der Waals surface area contributed by atoms with E-state index in [-0.39, 0.29) is 6.56 Å². The van der Waals surface area contributed by atoms with Crippen molar-refractivity contribution in [1.82, 2.24) is 0 Å². The number of rotatable bonds is 1. The molecule has 5 heavy (non-hydrogen) atoms. The van der Waals surface area contributed by atoms with Gasteiger partial charge in [-0.25, -0.2) is 8.42 Å². The Bertz CT molecular complexity index is 83.8. The van der Waals surface area contributed by atoms with Gasteiger partial charge in [-0.1, -0.05) is 0 Å². The van der Waals surface area contributed by atoms with Crippen LogP contribution in [0.5, 0.6) is 0 Å². The highest BCUT2D eigenvalue weighted by molar-refractivity contribution is 8.44. The zero-order valence-corrected chi connectivity index (χ0v) is 4.72. The molecule has 0 N–H and O–H groups in total. The normalized spacial score (nSPS) is 9.80. The highest BCUT2D eigenvalue weighted by atomic mass is 32.9. The first-order valence-corrected chi connectivity index (χ1v) is 4.54. The van der Waals surface area contributed by atoms with Gasteiger partial charge < -0.3 is 0 Å². The summed E-state index contributed by atoms with van der Waals surface area (Å²) in [4.78, 5) is 0. The van der Waals surface area contributed by atoms with Crippen LogP contribution in [0.3, 0.4) is 0 Å². The van der Waals surface area contributed by atoms with Crippen molar-refractivity contribution in [3.05, 3.63) is 0 Å². The summed E-state index contributed by atoms with van der Waals surface area (Å²) in [5, 5.41) is 0. The van der Waals surface area contributed by atoms with Gasteiger partial charge in [0.2, 0.25) is 0 Å². The first-order valence-electron chi connectivity index (χ1n) is 0.748. The number of thiol groups is 1. The van der Waals surface area contributed by atoms with E-state index >= 15 is 0 Å². The van der Waals surface area contributed by atoms with Crippen LogP contribution in [-0.2, 0) is 22.1 Å². The predicted octanol–water partition coefficient (Wildman–Crippen LogP) is -0.0791. The lowest BCUT2D eigenvalue weighted by atomic mass is 15.9. The van der Waals surface area contributed by atoms with Gasteiger partial charge in [-0.3, -0.25) is 0 Å². The van der Waals surface area contributed by atoms with Crippen molar-refractivity contribution >= 4 is 28.7 Å².